The average Bonchev–Trinajstić information content (AvgIpc) is 2.57. The van der Waals surface area contributed by atoms with Gasteiger partial charge >= 0.3 is 0 Å². The molecule has 1 N–H and O–H groups in total. The summed E-state index contributed by atoms with van der Waals surface area (Å²) in [5.41, 5.74) is 3.65. The van der Waals surface area contributed by atoms with Gasteiger partial charge in [-0.1, -0.05) is 6.07 Å². The van der Waals surface area contributed by atoms with Crippen molar-refractivity contribution in [3.05, 3.63) is 53.9 Å². The van der Waals surface area contributed by atoms with E-state index in [1.165, 1.54) is 11.3 Å². The lowest BCUT2D eigenvalue weighted by Crippen LogP contribution is -2.44. The minimum atomic E-state index is -0.183. The molecule has 0 saturated carbocycles. The van der Waals surface area contributed by atoms with Gasteiger partial charge in [0, 0.05) is 43.8 Å². The second kappa shape index (κ2) is 6.79. The first-order valence-electron chi connectivity index (χ1n) is 7.90. The number of hydrogen-bond acceptors (Lipinski definition) is 4. The van der Waals surface area contributed by atoms with Gasteiger partial charge in [-0.2, -0.15) is 0 Å². The second-order valence-electron chi connectivity index (χ2n) is 5.96. The topological polar surface area (TPSA) is 48.5 Å². The molecule has 23 heavy (non-hydrogen) atoms. The Morgan fingerprint density at radius 2 is 1.91 bits per heavy atom. The van der Waals surface area contributed by atoms with Gasteiger partial charge in [-0.05, 0) is 49.9 Å². The molecule has 0 bridgehead atoms. The Bertz CT molecular complexity index is 679. The molecule has 0 spiro atoms. The van der Waals surface area contributed by atoms with Crippen LogP contribution in [-0.4, -0.2) is 49.0 Å². The molecule has 0 unspecified atom stereocenters. The highest BCUT2D eigenvalue weighted by Gasteiger charge is 2.16. The molecule has 1 aromatic heterocycles. The van der Waals surface area contributed by atoms with E-state index >= 15 is 0 Å². The highest BCUT2D eigenvalue weighted by Crippen LogP contribution is 2.24. The van der Waals surface area contributed by atoms with Gasteiger partial charge in [0.05, 0.1) is 0 Å². The van der Waals surface area contributed by atoms with E-state index in [2.05, 4.69) is 40.1 Å². The Morgan fingerprint density at radius 1 is 1.13 bits per heavy atom. The van der Waals surface area contributed by atoms with Gasteiger partial charge in [0.2, 0.25) is 0 Å². The van der Waals surface area contributed by atoms with Crippen LogP contribution in [0.2, 0.25) is 0 Å². The molecule has 1 saturated heterocycles. The Morgan fingerprint density at radius 3 is 2.57 bits per heavy atom. The summed E-state index contributed by atoms with van der Waals surface area (Å²) in [6.45, 7) is 6.33. The molecule has 120 valence electrons. The van der Waals surface area contributed by atoms with Crippen molar-refractivity contribution in [3.8, 4) is 0 Å². The van der Waals surface area contributed by atoms with Gasteiger partial charge < -0.3 is 15.1 Å². The van der Waals surface area contributed by atoms with Gasteiger partial charge in [-0.15, -0.1) is 0 Å². The smallest absolute Gasteiger partial charge is 0.274 e. The third-order valence-corrected chi connectivity index (χ3v) is 4.20. The minimum absolute atomic E-state index is 0.183. The van der Waals surface area contributed by atoms with E-state index in [0.29, 0.717) is 5.69 Å². The highest BCUT2D eigenvalue weighted by molar-refractivity contribution is 6.02. The van der Waals surface area contributed by atoms with Crippen molar-refractivity contribution in [1.82, 2.24) is 9.88 Å². The van der Waals surface area contributed by atoms with E-state index in [9.17, 15) is 4.79 Å². The van der Waals surface area contributed by atoms with Gasteiger partial charge in [-0.3, -0.25) is 9.78 Å². The monoisotopic (exact) mass is 310 g/mol. The number of aromatic nitrogens is 1. The zero-order valence-electron chi connectivity index (χ0n) is 13.6. The van der Waals surface area contributed by atoms with Crippen LogP contribution in [0.1, 0.15) is 16.1 Å². The van der Waals surface area contributed by atoms with Crippen molar-refractivity contribution in [2.24, 2.45) is 0 Å². The van der Waals surface area contributed by atoms with Crippen molar-refractivity contribution < 1.29 is 4.79 Å². The predicted molar refractivity (Wildman–Crippen MR) is 93.1 cm³/mol. The van der Waals surface area contributed by atoms with Crippen LogP contribution >= 0.6 is 0 Å². The summed E-state index contributed by atoms with van der Waals surface area (Å²) in [6, 6.07) is 11.4. The quantitative estimate of drug-likeness (QED) is 0.946. The van der Waals surface area contributed by atoms with Crippen LogP contribution < -0.4 is 10.2 Å². The van der Waals surface area contributed by atoms with E-state index < -0.39 is 0 Å². The number of nitrogens with zero attached hydrogens (tertiary/aromatic N) is 3. The molecule has 1 aromatic carbocycles. The maximum atomic E-state index is 12.2. The third-order valence-electron chi connectivity index (χ3n) is 4.20. The van der Waals surface area contributed by atoms with Crippen molar-refractivity contribution in [2.45, 2.75) is 6.92 Å². The molecule has 5 heteroatoms. The Hall–Kier alpha value is -2.40. The summed E-state index contributed by atoms with van der Waals surface area (Å²) in [5.74, 6) is -0.183. The van der Waals surface area contributed by atoms with Gasteiger partial charge in [0.1, 0.15) is 5.69 Å². The number of aryl methyl sites for hydroxylation is 1. The molecule has 1 aliphatic rings. The maximum absolute atomic E-state index is 12.2. The number of likely N-dealkylation sites (N-methyl/N-ethyl adjacent to an activating group) is 1. The number of hydrogen-bond donors (Lipinski definition) is 1. The number of pyridine rings is 1. The van der Waals surface area contributed by atoms with Crippen LogP contribution in [0, 0.1) is 6.92 Å². The molecular weight excluding hydrogens is 288 g/mol. The lowest BCUT2D eigenvalue weighted by Gasteiger charge is -2.35. The summed E-state index contributed by atoms with van der Waals surface area (Å²) in [7, 11) is 2.15. The maximum Gasteiger partial charge on any atom is 0.274 e. The molecule has 2 heterocycles. The summed E-state index contributed by atoms with van der Waals surface area (Å²) in [6.07, 6.45) is 1.62. The zero-order valence-corrected chi connectivity index (χ0v) is 13.6. The Labute approximate surface area is 136 Å². The SMILES string of the molecule is Cc1cc(NC(=O)c2ccccn2)ccc1N1CCN(C)CC1. The van der Waals surface area contributed by atoms with Crippen molar-refractivity contribution >= 4 is 17.3 Å². The molecule has 5 nitrogen and oxygen atoms in total. The lowest BCUT2D eigenvalue weighted by molar-refractivity contribution is 0.102. The first kappa shape index (κ1) is 15.5. The molecule has 0 atom stereocenters. The Balaban J connectivity index is 1.71. The number of nitrogens with one attached hydrogen (secondary N) is 1. The summed E-state index contributed by atoms with van der Waals surface area (Å²) < 4.78 is 0. The van der Waals surface area contributed by atoms with E-state index in [-0.39, 0.29) is 5.91 Å². The second-order valence-corrected chi connectivity index (χ2v) is 5.96. The van der Waals surface area contributed by atoms with Crippen molar-refractivity contribution in [2.75, 3.05) is 43.4 Å². The van der Waals surface area contributed by atoms with Crippen LogP contribution in [0.15, 0.2) is 42.6 Å². The summed E-state index contributed by atoms with van der Waals surface area (Å²) in [5, 5.41) is 2.91. The molecule has 2 aromatic rings. The lowest BCUT2D eigenvalue weighted by atomic mass is 10.1. The number of anilines is 2. The number of benzene rings is 1. The number of piperazine rings is 1. The minimum Gasteiger partial charge on any atom is -0.369 e. The molecule has 1 amide bonds. The molecular formula is C18H22N4O. The largest absolute Gasteiger partial charge is 0.369 e. The first-order valence-corrected chi connectivity index (χ1v) is 7.90. The molecule has 3 rings (SSSR count). The molecule has 0 aliphatic carbocycles. The van der Waals surface area contributed by atoms with Crippen LogP contribution in [-0.2, 0) is 0 Å². The van der Waals surface area contributed by atoms with Crippen LogP contribution in [0.4, 0.5) is 11.4 Å². The fraction of sp³-hybridized carbons (Fsp3) is 0.333. The molecule has 1 aliphatic heterocycles. The standard InChI is InChI=1S/C18H22N4O/c1-14-13-15(20-18(23)16-5-3-4-8-19-16)6-7-17(14)22-11-9-21(2)10-12-22/h3-8,13H,9-12H2,1-2H3,(H,20,23). The zero-order chi connectivity index (χ0) is 16.2. The first-order chi connectivity index (χ1) is 11.1. The van der Waals surface area contributed by atoms with Gasteiger partial charge in [0.25, 0.3) is 5.91 Å². The molecule has 1 fully saturated rings. The van der Waals surface area contributed by atoms with Gasteiger partial charge in [-0.25, -0.2) is 0 Å². The van der Waals surface area contributed by atoms with E-state index in [0.717, 1.165) is 31.9 Å². The van der Waals surface area contributed by atoms with Gasteiger partial charge in [0.15, 0.2) is 0 Å². The number of rotatable bonds is 3. The van der Waals surface area contributed by atoms with E-state index in [1.54, 1.807) is 18.3 Å². The van der Waals surface area contributed by atoms with Crippen LogP contribution in [0.5, 0.6) is 0 Å². The van der Waals surface area contributed by atoms with Crippen LogP contribution in [0.3, 0.4) is 0 Å². The number of amides is 1. The molecule has 0 radical (unpaired) electrons. The van der Waals surface area contributed by atoms with Crippen molar-refractivity contribution in [3.63, 3.8) is 0 Å². The predicted octanol–water partition coefficient (Wildman–Crippen LogP) is 2.39. The third kappa shape index (κ3) is 3.68. The van der Waals surface area contributed by atoms with E-state index in [1.807, 2.05) is 18.2 Å². The summed E-state index contributed by atoms with van der Waals surface area (Å²) in [4.78, 5) is 21.0. The van der Waals surface area contributed by atoms with E-state index in [4.69, 9.17) is 0 Å². The highest BCUT2D eigenvalue weighted by atomic mass is 16.1. The normalized spacial score (nSPS) is 15.5. The fourth-order valence-corrected chi connectivity index (χ4v) is 2.83. The number of carbonyl (C=O) groups excluding carboxylic acids is 1. The fourth-order valence-electron chi connectivity index (χ4n) is 2.83. The number of carbonyl (C=O) groups is 1. The van der Waals surface area contributed by atoms with Crippen molar-refractivity contribution in [1.29, 1.82) is 0 Å². The average molecular weight is 310 g/mol. The van der Waals surface area contributed by atoms with Crippen LogP contribution in [0.25, 0.3) is 0 Å². The summed E-state index contributed by atoms with van der Waals surface area (Å²) >= 11 is 0. The Kier molecular flexibility index (Phi) is 4.57.